The maximum atomic E-state index is 12.9. The van der Waals surface area contributed by atoms with E-state index in [9.17, 15) is 4.79 Å². The Morgan fingerprint density at radius 1 is 1.13 bits per heavy atom. The molecule has 0 bridgehead atoms. The summed E-state index contributed by atoms with van der Waals surface area (Å²) in [6.07, 6.45) is 4.17. The van der Waals surface area contributed by atoms with Crippen molar-refractivity contribution >= 4 is 11.7 Å². The second kappa shape index (κ2) is 9.05. The fourth-order valence-corrected chi connectivity index (χ4v) is 3.57. The fourth-order valence-electron chi connectivity index (χ4n) is 3.57. The Labute approximate surface area is 176 Å². The summed E-state index contributed by atoms with van der Waals surface area (Å²) in [5.74, 6) is 0.662. The Hall–Kier alpha value is -3.25. The van der Waals surface area contributed by atoms with Gasteiger partial charge in [0.15, 0.2) is 0 Å². The van der Waals surface area contributed by atoms with E-state index in [1.165, 1.54) is 11.1 Å². The summed E-state index contributed by atoms with van der Waals surface area (Å²) in [5, 5.41) is 2.97. The standard InChI is InChI=1S/C24H26N4O2/c1-17-3-5-18(6-4-17)13-19-7-8-21(27-15-19)22-16-28(11-12-30-22)24(29)20-9-10-26-23(14-20)25-2/h3-10,14-15,22H,11-13,16H2,1-2H3,(H,25,26). The molecule has 6 nitrogen and oxygen atoms in total. The van der Waals surface area contributed by atoms with E-state index in [0.29, 0.717) is 31.1 Å². The summed E-state index contributed by atoms with van der Waals surface area (Å²) >= 11 is 0. The summed E-state index contributed by atoms with van der Waals surface area (Å²) in [6, 6.07) is 16.2. The van der Waals surface area contributed by atoms with Gasteiger partial charge < -0.3 is 15.0 Å². The van der Waals surface area contributed by atoms with Crippen LogP contribution in [0.4, 0.5) is 5.82 Å². The zero-order valence-electron chi connectivity index (χ0n) is 17.3. The van der Waals surface area contributed by atoms with Crippen molar-refractivity contribution in [1.82, 2.24) is 14.9 Å². The average Bonchev–Trinajstić information content (AvgIpc) is 2.81. The first-order valence-electron chi connectivity index (χ1n) is 10.2. The maximum Gasteiger partial charge on any atom is 0.254 e. The van der Waals surface area contributed by atoms with Crippen molar-refractivity contribution in [1.29, 1.82) is 0 Å². The number of nitrogens with zero attached hydrogens (tertiary/aromatic N) is 3. The first-order chi connectivity index (χ1) is 14.6. The van der Waals surface area contributed by atoms with E-state index in [1.54, 1.807) is 25.4 Å². The highest BCUT2D eigenvalue weighted by molar-refractivity contribution is 5.94. The molecule has 4 rings (SSSR count). The number of rotatable bonds is 5. The van der Waals surface area contributed by atoms with E-state index < -0.39 is 0 Å². The molecule has 0 radical (unpaired) electrons. The van der Waals surface area contributed by atoms with Gasteiger partial charge in [-0.2, -0.15) is 0 Å². The minimum atomic E-state index is -0.221. The molecule has 0 saturated carbocycles. The molecule has 30 heavy (non-hydrogen) atoms. The Balaban J connectivity index is 1.42. The molecule has 1 atom stereocenters. The fraction of sp³-hybridized carbons (Fsp3) is 0.292. The van der Waals surface area contributed by atoms with Crippen molar-refractivity contribution in [3.8, 4) is 0 Å². The maximum absolute atomic E-state index is 12.9. The molecule has 1 unspecified atom stereocenters. The van der Waals surface area contributed by atoms with E-state index in [4.69, 9.17) is 4.74 Å². The van der Waals surface area contributed by atoms with Gasteiger partial charge in [-0.3, -0.25) is 9.78 Å². The number of aromatic nitrogens is 2. The normalized spacial score (nSPS) is 16.3. The molecular weight excluding hydrogens is 376 g/mol. The molecule has 1 aliphatic heterocycles. The van der Waals surface area contributed by atoms with Crippen LogP contribution in [0.1, 0.15) is 38.8 Å². The zero-order chi connectivity index (χ0) is 20.9. The Kier molecular flexibility index (Phi) is 6.05. The summed E-state index contributed by atoms with van der Waals surface area (Å²) < 4.78 is 5.92. The van der Waals surface area contributed by atoms with Crippen molar-refractivity contribution in [2.24, 2.45) is 0 Å². The molecule has 1 amide bonds. The highest BCUT2D eigenvalue weighted by atomic mass is 16.5. The molecule has 2 aromatic heterocycles. The third-order valence-corrected chi connectivity index (χ3v) is 5.32. The number of nitrogens with one attached hydrogen (secondary N) is 1. The number of morpholine rings is 1. The number of aryl methyl sites for hydroxylation is 1. The lowest BCUT2D eigenvalue weighted by Gasteiger charge is -2.32. The van der Waals surface area contributed by atoms with Crippen molar-refractivity contribution in [2.75, 3.05) is 32.1 Å². The number of amides is 1. The molecule has 1 N–H and O–H groups in total. The number of anilines is 1. The van der Waals surface area contributed by atoms with Crippen LogP contribution in [0.25, 0.3) is 0 Å². The highest BCUT2D eigenvalue weighted by Gasteiger charge is 2.27. The lowest BCUT2D eigenvalue weighted by Crippen LogP contribution is -2.42. The molecule has 1 aromatic carbocycles. The number of carbonyl (C=O) groups excluding carboxylic acids is 1. The van der Waals surface area contributed by atoms with Crippen LogP contribution in [0, 0.1) is 6.92 Å². The second-order valence-electron chi connectivity index (χ2n) is 7.54. The Morgan fingerprint density at radius 3 is 2.67 bits per heavy atom. The van der Waals surface area contributed by atoms with E-state index >= 15 is 0 Å². The predicted molar refractivity (Wildman–Crippen MR) is 117 cm³/mol. The third-order valence-electron chi connectivity index (χ3n) is 5.32. The predicted octanol–water partition coefficient (Wildman–Crippen LogP) is 3.63. The van der Waals surface area contributed by atoms with E-state index in [1.807, 2.05) is 17.2 Å². The summed E-state index contributed by atoms with van der Waals surface area (Å²) in [6.45, 7) is 3.64. The molecule has 1 saturated heterocycles. The number of pyridine rings is 2. The third kappa shape index (κ3) is 4.66. The van der Waals surface area contributed by atoms with Gasteiger partial charge in [-0.15, -0.1) is 0 Å². The van der Waals surface area contributed by atoms with Crippen molar-refractivity contribution < 1.29 is 9.53 Å². The SMILES string of the molecule is CNc1cc(C(=O)N2CCOC(c3ccc(Cc4ccc(C)cc4)cn3)C2)ccn1. The van der Waals surface area contributed by atoms with Gasteiger partial charge in [-0.05, 0) is 42.7 Å². The lowest BCUT2D eigenvalue weighted by atomic mass is 10.0. The molecule has 154 valence electrons. The molecule has 0 aliphatic carbocycles. The van der Waals surface area contributed by atoms with Gasteiger partial charge in [0.25, 0.3) is 5.91 Å². The summed E-state index contributed by atoms with van der Waals surface area (Å²) in [5.41, 5.74) is 5.15. The van der Waals surface area contributed by atoms with Crippen LogP contribution in [-0.4, -0.2) is 47.5 Å². The van der Waals surface area contributed by atoms with Crippen molar-refractivity contribution in [3.05, 3.63) is 88.9 Å². The van der Waals surface area contributed by atoms with Crippen LogP contribution >= 0.6 is 0 Å². The number of carbonyl (C=O) groups is 1. The van der Waals surface area contributed by atoms with Crippen LogP contribution in [0.15, 0.2) is 60.9 Å². The van der Waals surface area contributed by atoms with Gasteiger partial charge in [0.1, 0.15) is 11.9 Å². The molecule has 1 fully saturated rings. The second-order valence-corrected chi connectivity index (χ2v) is 7.54. The van der Waals surface area contributed by atoms with E-state index in [2.05, 4.69) is 52.5 Å². The minimum Gasteiger partial charge on any atom is -0.373 e. The monoisotopic (exact) mass is 402 g/mol. The van der Waals surface area contributed by atoms with Crippen LogP contribution < -0.4 is 5.32 Å². The van der Waals surface area contributed by atoms with Gasteiger partial charge in [0.2, 0.25) is 0 Å². The summed E-state index contributed by atoms with van der Waals surface area (Å²) in [4.78, 5) is 23.5. The number of hydrogen-bond donors (Lipinski definition) is 1. The molecule has 1 aliphatic rings. The largest absolute Gasteiger partial charge is 0.373 e. The van der Waals surface area contributed by atoms with Gasteiger partial charge in [0, 0.05) is 31.5 Å². The zero-order valence-corrected chi connectivity index (χ0v) is 17.3. The molecule has 3 aromatic rings. The lowest BCUT2D eigenvalue weighted by molar-refractivity contribution is -0.0247. The molecule has 3 heterocycles. The van der Waals surface area contributed by atoms with Gasteiger partial charge in [-0.25, -0.2) is 4.98 Å². The number of hydrogen-bond acceptors (Lipinski definition) is 5. The van der Waals surface area contributed by atoms with Crippen molar-refractivity contribution in [3.63, 3.8) is 0 Å². The van der Waals surface area contributed by atoms with Crippen molar-refractivity contribution in [2.45, 2.75) is 19.4 Å². The average molecular weight is 402 g/mol. The van der Waals surface area contributed by atoms with E-state index in [-0.39, 0.29) is 12.0 Å². The van der Waals surface area contributed by atoms with Crippen LogP contribution in [0.2, 0.25) is 0 Å². The first-order valence-corrected chi connectivity index (χ1v) is 10.2. The van der Waals surface area contributed by atoms with Crippen LogP contribution in [0.5, 0.6) is 0 Å². The molecule has 0 spiro atoms. The Bertz CT molecular complexity index is 1000. The van der Waals surface area contributed by atoms with Gasteiger partial charge in [-0.1, -0.05) is 35.9 Å². The number of benzene rings is 1. The van der Waals surface area contributed by atoms with Gasteiger partial charge >= 0.3 is 0 Å². The van der Waals surface area contributed by atoms with E-state index in [0.717, 1.165) is 17.7 Å². The van der Waals surface area contributed by atoms with Crippen LogP contribution in [-0.2, 0) is 11.2 Å². The molecule has 6 heteroatoms. The minimum absolute atomic E-state index is 0.0156. The van der Waals surface area contributed by atoms with Crippen LogP contribution in [0.3, 0.4) is 0 Å². The topological polar surface area (TPSA) is 67.4 Å². The number of ether oxygens (including phenoxy) is 1. The summed E-state index contributed by atoms with van der Waals surface area (Å²) in [7, 11) is 1.79. The smallest absolute Gasteiger partial charge is 0.254 e. The quantitative estimate of drug-likeness (QED) is 0.706. The Morgan fingerprint density at radius 2 is 1.93 bits per heavy atom. The highest BCUT2D eigenvalue weighted by Crippen LogP contribution is 2.23. The van der Waals surface area contributed by atoms with Gasteiger partial charge in [0.05, 0.1) is 18.8 Å². The molecular formula is C24H26N4O2. The first kappa shape index (κ1) is 20.0.